The Morgan fingerprint density at radius 3 is 2.75 bits per heavy atom. The molecule has 0 saturated carbocycles. The van der Waals surface area contributed by atoms with Crippen LogP contribution in [0.3, 0.4) is 0 Å². The lowest BCUT2D eigenvalue weighted by atomic mass is 9.97. The van der Waals surface area contributed by atoms with Crippen molar-refractivity contribution in [2.45, 2.75) is 13.3 Å². The normalized spacial score (nSPS) is 15.2. The van der Waals surface area contributed by atoms with Gasteiger partial charge in [0, 0.05) is 19.6 Å². The largest absolute Gasteiger partial charge is 0.484 e. The number of fused-ring (bicyclic) bond motifs is 1. The molecule has 1 aliphatic rings. The average molecular weight is 324 g/mol. The van der Waals surface area contributed by atoms with Crippen LogP contribution in [0.2, 0.25) is 0 Å². The summed E-state index contributed by atoms with van der Waals surface area (Å²) >= 11 is 0. The van der Waals surface area contributed by atoms with Crippen molar-refractivity contribution in [1.82, 2.24) is 10.2 Å². The predicted octanol–water partition coefficient (Wildman–Crippen LogP) is 3.07. The van der Waals surface area contributed by atoms with E-state index in [0.717, 1.165) is 30.6 Å². The summed E-state index contributed by atoms with van der Waals surface area (Å²) in [6, 6.07) is 12.5. The van der Waals surface area contributed by atoms with Gasteiger partial charge in [0.15, 0.2) is 6.61 Å². The minimum absolute atomic E-state index is 0.0534. The van der Waals surface area contributed by atoms with Crippen molar-refractivity contribution >= 4 is 22.3 Å². The maximum absolute atomic E-state index is 11.5. The molecule has 0 radical (unpaired) electrons. The molecule has 1 amide bonds. The quantitative estimate of drug-likeness (QED) is 0.919. The molecule has 1 N–H and O–H groups in total. The topological polar surface area (TPSA) is 41.6 Å². The molecule has 0 spiro atoms. The van der Waals surface area contributed by atoms with E-state index in [-0.39, 0.29) is 12.5 Å². The van der Waals surface area contributed by atoms with Gasteiger partial charge in [0.2, 0.25) is 0 Å². The summed E-state index contributed by atoms with van der Waals surface area (Å²) in [5, 5.41) is 5.04. The van der Waals surface area contributed by atoms with Crippen LogP contribution < -0.4 is 10.1 Å². The molecule has 4 heteroatoms. The Kier molecular flexibility index (Phi) is 5.16. The van der Waals surface area contributed by atoms with Gasteiger partial charge in [0.05, 0.1) is 0 Å². The molecule has 2 aromatic carbocycles. The number of hydrogen-bond donors (Lipinski definition) is 1. The zero-order valence-electron chi connectivity index (χ0n) is 14.3. The van der Waals surface area contributed by atoms with Crippen LogP contribution in [0, 0.1) is 0 Å². The molecule has 0 atom stereocenters. The molecule has 0 aliphatic carbocycles. The maximum atomic E-state index is 11.5. The fourth-order valence-corrected chi connectivity index (χ4v) is 2.94. The third-order valence-electron chi connectivity index (χ3n) is 4.34. The van der Waals surface area contributed by atoms with E-state index >= 15 is 0 Å². The van der Waals surface area contributed by atoms with Crippen LogP contribution in [0.15, 0.2) is 42.5 Å². The summed E-state index contributed by atoms with van der Waals surface area (Å²) in [4.78, 5) is 13.8. The first-order valence-electron chi connectivity index (χ1n) is 8.47. The Labute approximate surface area is 143 Å². The van der Waals surface area contributed by atoms with Crippen molar-refractivity contribution < 1.29 is 9.53 Å². The molecule has 1 heterocycles. The van der Waals surface area contributed by atoms with Gasteiger partial charge >= 0.3 is 0 Å². The highest BCUT2D eigenvalue weighted by molar-refractivity contribution is 5.87. The van der Waals surface area contributed by atoms with Crippen LogP contribution in [-0.2, 0) is 4.79 Å². The molecular weight excluding hydrogens is 300 g/mol. The summed E-state index contributed by atoms with van der Waals surface area (Å²) in [7, 11) is 2.15. The number of hydrogen-bond acceptors (Lipinski definition) is 3. The minimum atomic E-state index is -0.0952. The molecule has 24 heavy (non-hydrogen) atoms. The molecule has 2 aromatic rings. The van der Waals surface area contributed by atoms with E-state index in [1.165, 1.54) is 16.5 Å². The first-order chi connectivity index (χ1) is 11.7. The fraction of sp³-hybridized carbons (Fsp3) is 0.350. The maximum Gasteiger partial charge on any atom is 0.257 e. The number of rotatable bonds is 5. The van der Waals surface area contributed by atoms with E-state index in [9.17, 15) is 4.79 Å². The fourth-order valence-electron chi connectivity index (χ4n) is 2.94. The van der Waals surface area contributed by atoms with Crippen LogP contribution in [0.25, 0.3) is 16.3 Å². The van der Waals surface area contributed by atoms with Crippen LogP contribution in [0.1, 0.15) is 18.9 Å². The van der Waals surface area contributed by atoms with Gasteiger partial charge in [-0.15, -0.1) is 0 Å². The smallest absolute Gasteiger partial charge is 0.257 e. The number of amides is 1. The van der Waals surface area contributed by atoms with Gasteiger partial charge in [0.1, 0.15) is 5.75 Å². The Hall–Kier alpha value is -2.33. The zero-order chi connectivity index (χ0) is 16.9. The second kappa shape index (κ2) is 7.49. The molecule has 4 nitrogen and oxygen atoms in total. The second-order valence-corrected chi connectivity index (χ2v) is 6.21. The Morgan fingerprint density at radius 2 is 2.00 bits per heavy atom. The molecule has 0 fully saturated rings. The summed E-state index contributed by atoms with van der Waals surface area (Å²) < 4.78 is 5.56. The number of nitrogens with one attached hydrogen (secondary N) is 1. The van der Waals surface area contributed by atoms with Crippen molar-refractivity contribution in [3.05, 3.63) is 48.0 Å². The first-order valence-corrected chi connectivity index (χ1v) is 8.47. The number of carbonyl (C=O) groups is 1. The van der Waals surface area contributed by atoms with Crippen molar-refractivity contribution in [1.29, 1.82) is 0 Å². The van der Waals surface area contributed by atoms with E-state index in [1.54, 1.807) is 0 Å². The van der Waals surface area contributed by atoms with Crippen molar-refractivity contribution in [3.63, 3.8) is 0 Å². The lowest BCUT2D eigenvalue weighted by Crippen LogP contribution is -2.28. The molecule has 3 rings (SSSR count). The van der Waals surface area contributed by atoms with Gasteiger partial charge in [0.25, 0.3) is 5.91 Å². The van der Waals surface area contributed by atoms with Crippen LogP contribution in [0.5, 0.6) is 5.75 Å². The summed E-state index contributed by atoms with van der Waals surface area (Å²) in [5.41, 5.74) is 2.72. The lowest BCUT2D eigenvalue weighted by molar-refractivity contribution is -0.122. The van der Waals surface area contributed by atoms with Crippen LogP contribution >= 0.6 is 0 Å². The molecule has 1 aliphatic heterocycles. The highest BCUT2D eigenvalue weighted by atomic mass is 16.5. The van der Waals surface area contributed by atoms with E-state index in [1.807, 2.05) is 19.1 Å². The number of carbonyl (C=O) groups excluding carboxylic acids is 1. The Bertz CT molecular complexity index is 767. The number of ether oxygens (including phenoxy) is 1. The van der Waals surface area contributed by atoms with Crippen molar-refractivity contribution in [2.24, 2.45) is 0 Å². The number of benzene rings is 2. The number of nitrogens with zero attached hydrogens (tertiary/aromatic N) is 1. The summed E-state index contributed by atoms with van der Waals surface area (Å²) in [6.07, 6.45) is 3.41. The molecule has 126 valence electrons. The molecule has 0 unspecified atom stereocenters. The molecule has 0 bridgehead atoms. The molecular formula is C20H24N2O2. The van der Waals surface area contributed by atoms with E-state index in [2.05, 4.69) is 47.6 Å². The summed E-state index contributed by atoms with van der Waals surface area (Å²) in [5.74, 6) is 0.627. The predicted molar refractivity (Wildman–Crippen MR) is 98.2 cm³/mol. The Morgan fingerprint density at radius 1 is 1.21 bits per heavy atom. The molecule has 0 saturated heterocycles. The van der Waals surface area contributed by atoms with Crippen LogP contribution in [0.4, 0.5) is 0 Å². The zero-order valence-corrected chi connectivity index (χ0v) is 14.3. The van der Waals surface area contributed by atoms with Crippen molar-refractivity contribution in [3.8, 4) is 5.75 Å². The van der Waals surface area contributed by atoms with Gasteiger partial charge in [-0.1, -0.05) is 24.3 Å². The Balaban J connectivity index is 1.75. The van der Waals surface area contributed by atoms with Gasteiger partial charge in [-0.25, -0.2) is 0 Å². The molecule has 0 aromatic heterocycles. The van der Waals surface area contributed by atoms with Gasteiger partial charge in [-0.3, -0.25) is 4.79 Å². The summed E-state index contributed by atoms with van der Waals surface area (Å²) in [6.45, 7) is 4.69. The standard InChI is InChI=1S/C20H24N2O2/c1-3-21-20(23)14-24-19-7-6-17-12-16(4-5-18(17)13-19)15-8-10-22(2)11-9-15/h4-8,12-13H,3,9-11,14H2,1-2H3,(H,21,23). The van der Waals surface area contributed by atoms with Crippen LogP contribution in [-0.4, -0.2) is 44.1 Å². The monoisotopic (exact) mass is 324 g/mol. The third-order valence-corrected chi connectivity index (χ3v) is 4.34. The second-order valence-electron chi connectivity index (χ2n) is 6.21. The highest BCUT2D eigenvalue weighted by Gasteiger charge is 2.10. The first kappa shape index (κ1) is 16.5. The SMILES string of the molecule is CCNC(=O)COc1ccc2cc(C3=CCN(C)CC3)ccc2c1. The van der Waals surface area contributed by atoms with Gasteiger partial charge in [-0.2, -0.15) is 0 Å². The van der Waals surface area contributed by atoms with E-state index in [0.29, 0.717) is 6.54 Å². The average Bonchev–Trinajstić information content (AvgIpc) is 2.60. The van der Waals surface area contributed by atoms with E-state index in [4.69, 9.17) is 4.74 Å². The minimum Gasteiger partial charge on any atom is -0.484 e. The van der Waals surface area contributed by atoms with Crippen molar-refractivity contribution in [2.75, 3.05) is 33.3 Å². The highest BCUT2D eigenvalue weighted by Crippen LogP contribution is 2.27. The van der Waals surface area contributed by atoms with Gasteiger partial charge in [-0.05, 0) is 60.5 Å². The van der Waals surface area contributed by atoms with E-state index < -0.39 is 0 Å². The van der Waals surface area contributed by atoms with Gasteiger partial charge < -0.3 is 15.0 Å². The number of likely N-dealkylation sites (N-methyl/N-ethyl adjacent to an activating group) is 2. The third kappa shape index (κ3) is 3.95. The lowest BCUT2D eigenvalue weighted by Gasteiger charge is -2.22.